The van der Waals surface area contributed by atoms with E-state index in [1.54, 1.807) is 0 Å². The van der Waals surface area contributed by atoms with Gasteiger partial charge in [0.1, 0.15) is 0 Å². The van der Waals surface area contributed by atoms with Crippen molar-refractivity contribution in [2.45, 2.75) is 13.8 Å². The van der Waals surface area contributed by atoms with E-state index >= 15 is 0 Å². The van der Waals surface area contributed by atoms with Gasteiger partial charge in [-0.15, -0.1) is 0 Å². The van der Waals surface area contributed by atoms with Gasteiger partial charge in [0.15, 0.2) is 0 Å². The van der Waals surface area contributed by atoms with Gasteiger partial charge in [-0.25, -0.2) is 0 Å². The zero-order chi connectivity index (χ0) is 7.28. The van der Waals surface area contributed by atoms with Gasteiger partial charge >= 0.3 is 0 Å². The van der Waals surface area contributed by atoms with Crippen molar-refractivity contribution < 1.29 is 0 Å². The normalized spacial score (nSPS) is 12.4. The molecule has 0 radical (unpaired) electrons. The van der Waals surface area contributed by atoms with Crippen LogP contribution in [0.25, 0.3) is 0 Å². The monoisotopic (exact) mass is 123 g/mol. The molecule has 0 rings (SSSR count). The van der Waals surface area contributed by atoms with Gasteiger partial charge in [0.25, 0.3) is 0 Å². The van der Waals surface area contributed by atoms with Crippen molar-refractivity contribution >= 4 is 0 Å². The van der Waals surface area contributed by atoms with E-state index in [0.717, 1.165) is 11.3 Å². The Morgan fingerprint density at radius 1 is 1.44 bits per heavy atom. The molecule has 0 atom stereocenters. The van der Waals surface area contributed by atoms with Crippen molar-refractivity contribution in [3.05, 3.63) is 36.1 Å². The first kappa shape index (κ1) is 8.02. The van der Waals surface area contributed by atoms with E-state index in [2.05, 4.69) is 6.58 Å². The minimum Gasteiger partial charge on any atom is -0.399 e. The zero-order valence-corrected chi connectivity index (χ0v) is 6.02. The zero-order valence-electron chi connectivity index (χ0n) is 6.02. The molecule has 0 spiro atoms. The molecule has 0 unspecified atom stereocenters. The van der Waals surface area contributed by atoms with Crippen molar-refractivity contribution in [1.29, 1.82) is 0 Å². The number of hydrogen-bond donors (Lipinski definition) is 1. The third-order valence-electron chi connectivity index (χ3n) is 1.05. The Morgan fingerprint density at radius 2 is 2.00 bits per heavy atom. The maximum Gasteiger partial charge on any atom is 0.0338 e. The molecule has 0 aliphatic heterocycles. The van der Waals surface area contributed by atoms with Crippen LogP contribution in [-0.4, -0.2) is 0 Å². The van der Waals surface area contributed by atoms with E-state index in [0.29, 0.717) is 0 Å². The van der Waals surface area contributed by atoms with Crippen molar-refractivity contribution in [2.24, 2.45) is 5.73 Å². The lowest BCUT2D eigenvalue weighted by atomic mass is 10.2. The van der Waals surface area contributed by atoms with Crippen LogP contribution in [0.4, 0.5) is 0 Å². The topological polar surface area (TPSA) is 26.0 Å². The fourth-order valence-electron chi connectivity index (χ4n) is 0.483. The molecule has 0 amide bonds. The van der Waals surface area contributed by atoms with Crippen LogP contribution in [0.1, 0.15) is 13.8 Å². The van der Waals surface area contributed by atoms with E-state index in [1.807, 2.05) is 32.1 Å². The lowest BCUT2D eigenvalue weighted by Crippen LogP contribution is -1.96. The summed E-state index contributed by atoms with van der Waals surface area (Å²) in [4.78, 5) is 0. The molecule has 0 saturated heterocycles. The van der Waals surface area contributed by atoms with E-state index in [9.17, 15) is 0 Å². The summed E-state index contributed by atoms with van der Waals surface area (Å²) in [5, 5.41) is 0. The molecule has 0 aromatic rings. The first-order chi connectivity index (χ1) is 4.22. The predicted molar refractivity (Wildman–Crippen MR) is 41.9 cm³/mol. The van der Waals surface area contributed by atoms with Crippen molar-refractivity contribution in [3.63, 3.8) is 0 Å². The highest BCUT2D eigenvalue weighted by atomic mass is 14.6. The second kappa shape index (κ2) is 3.96. The standard InChI is InChI=1S/C8H13N/c1-4-6-7(3)8(9)5-2/h4-6H,3,9H2,1-2H3/b6-4-,8-5+. The Bertz CT molecular complexity index is 152. The fourth-order valence-corrected chi connectivity index (χ4v) is 0.483. The van der Waals surface area contributed by atoms with Gasteiger partial charge in [-0.1, -0.05) is 24.8 Å². The lowest BCUT2D eigenvalue weighted by Gasteiger charge is -1.95. The van der Waals surface area contributed by atoms with Gasteiger partial charge in [-0.3, -0.25) is 0 Å². The minimum atomic E-state index is 0.744. The van der Waals surface area contributed by atoms with Gasteiger partial charge in [0.05, 0.1) is 0 Å². The summed E-state index contributed by atoms with van der Waals surface area (Å²) in [7, 11) is 0. The van der Waals surface area contributed by atoms with Crippen molar-refractivity contribution in [2.75, 3.05) is 0 Å². The summed E-state index contributed by atoms with van der Waals surface area (Å²) in [5.74, 6) is 0. The maximum absolute atomic E-state index is 5.51. The van der Waals surface area contributed by atoms with Crippen LogP contribution < -0.4 is 5.73 Å². The Balaban J connectivity index is 4.05. The quantitative estimate of drug-likeness (QED) is 0.558. The molecule has 0 aliphatic carbocycles. The molecule has 0 aliphatic rings. The summed E-state index contributed by atoms with van der Waals surface area (Å²) in [6, 6.07) is 0. The summed E-state index contributed by atoms with van der Waals surface area (Å²) in [5.41, 5.74) is 7.13. The third kappa shape index (κ3) is 2.75. The third-order valence-corrected chi connectivity index (χ3v) is 1.05. The van der Waals surface area contributed by atoms with Gasteiger partial charge in [0.2, 0.25) is 0 Å². The Hall–Kier alpha value is -0.980. The van der Waals surface area contributed by atoms with Crippen LogP contribution in [0.3, 0.4) is 0 Å². The number of nitrogens with two attached hydrogens (primary N) is 1. The second-order valence-corrected chi connectivity index (χ2v) is 1.77. The van der Waals surface area contributed by atoms with Crippen LogP contribution >= 0.6 is 0 Å². The number of rotatable bonds is 2. The van der Waals surface area contributed by atoms with E-state index < -0.39 is 0 Å². The number of hydrogen-bond acceptors (Lipinski definition) is 1. The largest absolute Gasteiger partial charge is 0.399 e. The predicted octanol–water partition coefficient (Wildman–Crippen LogP) is 1.98. The molecule has 0 aromatic heterocycles. The van der Waals surface area contributed by atoms with Crippen LogP contribution in [0.15, 0.2) is 36.1 Å². The molecule has 0 saturated carbocycles. The molecule has 0 fully saturated rings. The van der Waals surface area contributed by atoms with E-state index in [4.69, 9.17) is 5.73 Å². The Labute approximate surface area is 56.6 Å². The minimum absolute atomic E-state index is 0.744. The molecule has 50 valence electrons. The summed E-state index contributed by atoms with van der Waals surface area (Å²) >= 11 is 0. The summed E-state index contributed by atoms with van der Waals surface area (Å²) in [6.07, 6.45) is 5.64. The lowest BCUT2D eigenvalue weighted by molar-refractivity contribution is 1.34. The molecule has 1 heteroatoms. The fraction of sp³-hybridized carbons (Fsp3) is 0.250. The maximum atomic E-state index is 5.51. The molecule has 9 heavy (non-hydrogen) atoms. The highest BCUT2D eigenvalue weighted by Gasteiger charge is 1.86. The Morgan fingerprint density at radius 3 is 2.33 bits per heavy atom. The first-order valence-corrected chi connectivity index (χ1v) is 2.96. The van der Waals surface area contributed by atoms with Crippen molar-refractivity contribution in [1.82, 2.24) is 0 Å². The van der Waals surface area contributed by atoms with Gasteiger partial charge < -0.3 is 5.73 Å². The average molecular weight is 123 g/mol. The molecular weight excluding hydrogens is 110 g/mol. The summed E-state index contributed by atoms with van der Waals surface area (Å²) < 4.78 is 0. The van der Waals surface area contributed by atoms with Gasteiger partial charge in [-0.2, -0.15) is 0 Å². The summed E-state index contributed by atoms with van der Waals surface area (Å²) in [6.45, 7) is 7.57. The van der Waals surface area contributed by atoms with Crippen LogP contribution in [0, 0.1) is 0 Å². The average Bonchev–Trinajstić information content (AvgIpc) is 1.87. The van der Waals surface area contributed by atoms with Gasteiger partial charge in [0, 0.05) is 5.70 Å². The van der Waals surface area contributed by atoms with Gasteiger partial charge in [-0.05, 0) is 19.4 Å². The molecule has 0 bridgehead atoms. The van der Waals surface area contributed by atoms with Crippen LogP contribution in [-0.2, 0) is 0 Å². The molecule has 2 N–H and O–H groups in total. The molecular formula is C8H13N. The highest BCUT2D eigenvalue weighted by molar-refractivity contribution is 5.34. The van der Waals surface area contributed by atoms with E-state index in [1.165, 1.54) is 0 Å². The highest BCUT2D eigenvalue weighted by Crippen LogP contribution is 2.00. The van der Waals surface area contributed by atoms with Crippen LogP contribution in [0.5, 0.6) is 0 Å². The van der Waals surface area contributed by atoms with Crippen LogP contribution in [0.2, 0.25) is 0 Å². The first-order valence-electron chi connectivity index (χ1n) is 2.96. The smallest absolute Gasteiger partial charge is 0.0338 e. The molecule has 1 nitrogen and oxygen atoms in total. The SMILES string of the molecule is C=C(/C=C\C)/C(N)=C\C. The molecule has 0 aromatic carbocycles. The second-order valence-electron chi connectivity index (χ2n) is 1.77. The number of allylic oxidation sites excluding steroid dienone is 3. The Kier molecular flexibility index (Phi) is 3.52. The van der Waals surface area contributed by atoms with E-state index in [-0.39, 0.29) is 0 Å². The molecule has 0 heterocycles. The van der Waals surface area contributed by atoms with Crippen molar-refractivity contribution in [3.8, 4) is 0 Å².